The van der Waals surface area contributed by atoms with E-state index >= 15 is 0 Å². The molecule has 0 saturated heterocycles. The van der Waals surface area contributed by atoms with Crippen LogP contribution >= 0.6 is 0 Å². The molecule has 0 spiro atoms. The van der Waals surface area contributed by atoms with E-state index in [2.05, 4.69) is 13.5 Å². The zero-order valence-electron chi connectivity index (χ0n) is 10.3. The molecule has 0 heterocycles. The second-order valence-electron chi connectivity index (χ2n) is 3.34. The van der Waals surface area contributed by atoms with Gasteiger partial charge in [0.25, 0.3) is 0 Å². The lowest BCUT2D eigenvalue weighted by Crippen LogP contribution is -2.01. The molecule has 0 rings (SSSR count). The summed E-state index contributed by atoms with van der Waals surface area (Å²) < 4.78 is 10.4. The molecular formula is C13H20O3. The number of rotatable bonds is 8. The lowest BCUT2D eigenvalue weighted by molar-refractivity contribution is 0.222. The average molecular weight is 224 g/mol. The molecule has 0 N–H and O–H groups in total. The minimum atomic E-state index is 0.492. The Labute approximate surface area is 97.4 Å². The van der Waals surface area contributed by atoms with Crippen LogP contribution in [0.4, 0.5) is 0 Å². The Morgan fingerprint density at radius 3 is 2.44 bits per heavy atom. The van der Waals surface area contributed by atoms with Gasteiger partial charge in [0.2, 0.25) is 0 Å². The van der Waals surface area contributed by atoms with Crippen molar-refractivity contribution in [2.45, 2.75) is 32.6 Å². The summed E-state index contributed by atoms with van der Waals surface area (Å²) in [5, 5.41) is 0. The zero-order valence-corrected chi connectivity index (χ0v) is 10.3. The van der Waals surface area contributed by atoms with Crippen molar-refractivity contribution in [3.8, 4) is 0 Å². The summed E-state index contributed by atoms with van der Waals surface area (Å²) in [4.78, 5) is 10.9. The van der Waals surface area contributed by atoms with Gasteiger partial charge in [-0.25, -0.2) is 4.79 Å². The third-order valence-corrected chi connectivity index (χ3v) is 2.21. The van der Waals surface area contributed by atoms with Crippen LogP contribution in [0.15, 0.2) is 29.7 Å². The number of methoxy groups -OCH3 is 2. The molecule has 0 aliphatic carbocycles. The molecule has 0 atom stereocenters. The minimum absolute atomic E-state index is 0.492. The van der Waals surface area contributed by atoms with Crippen molar-refractivity contribution in [1.29, 1.82) is 0 Å². The second kappa shape index (κ2) is 8.81. The van der Waals surface area contributed by atoms with Crippen molar-refractivity contribution in [2.75, 3.05) is 14.2 Å². The van der Waals surface area contributed by atoms with Crippen molar-refractivity contribution in [3.63, 3.8) is 0 Å². The lowest BCUT2D eigenvalue weighted by Gasteiger charge is -2.12. The highest BCUT2D eigenvalue weighted by Gasteiger charge is 2.13. The predicted octanol–water partition coefficient (Wildman–Crippen LogP) is 3.02. The van der Waals surface area contributed by atoms with Crippen LogP contribution in [0.5, 0.6) is 0 Å². The SMILES string of the molecule is C=CC/C(OC)=C(/OC)C(=C=O)CCCC. The first kappa shape index (κ1) is 14.5. The molecule has 0 aliphatic heterocycles. The van der Waals surface area contributed by atoms with Gasteiger partial charge in [-0.1, -0.05) is 19.4 Å². The summed E-state index contributed by atoms with van der Waals surface area (Å²) in [6.07, 6.45) is 4.86. The van der Waals surface area contributed by atoms with E-state index in [4.69, 9.17) is 9.47 Å². The van der Waals surface area contributed by atoms with Crippen LogP contribution in [-0.4, -0.2) is 20.2 Å². The van der Waals surface area contributed by atoms with Gasteiger partial charge in [-0.2, -0.15) is 0 Å². The molecular weight excluding hydrogens is 204 g/mol. The summed E-state index contributed by atoms with van der Waals surface area (Å²) in [5.74, 6) is 3.04. The van der Waals surface area contributed by atoms with Crippen LogP contribution in [0.1, 0.15) is 32.6 Å². The van der Waals surface area contributed by atoms with E-state index in [0.29, 0.717) is 29.9 Å². The van der Waals surface area contributed by atoms with E-state index in [9.17, 15) is 4.79 Å². The van der Waals surface area contributed by atoms with E-state index in [1.54, 1.807) is 13.2 Å². The molecule has 3 nitrogen and oxygen atoms in total. The van der Waals surface area contributed by atoms with Gasteiger partial charge < -0.3 is 9.47 Å². The standard InChI is InChI=1S/C13H20O3/c1-5-7-9-11(10-14)13(16-4)12(15-3)8-6-2/h6H,2,5,7-9H2,1,3-4H3/b13-12-. The topological polar surface area (TPSA) is 35.5 Å². The molecule has 0 amide bonds. The highest BCUT2D eigenvalue weighted by Crippen LogP contribution is 2.21. The average Bonchev–Trinajstić information content (AvgIpc) is 2.32. The van der Waals surface area contributed by atoms with Crippen molar-refractivity contribution in [1.82, 2.24) is 0 Å². The van der Waals surface area contributed by atoms with Gasteiger partial charge in [-0.15, -0.1) is 6.58 Å². The first-order valence-electron chi connectivity index (χ1n) is 5.41. The summed E-state index contributed by atoms with van der Waals surface area (Å²) in [6.45, 7) is 5.70. The van der Waals surface area contributed by atoms with Crippen LogP contribution in [-0.2, 0) is 14.3 Å². The Hall–Kier alpha value is -1.47. The molecule has 0 aromatic carbocycles. The van der Waals surface area contributed by atoms with Crippen LogP contribution in [0.3, 0.4) is 0 Å². The molecule has 0 aliphatic rings. The van der Waals surface area contributed by atoms with E-state index in [1.807, 2.05) is 5.94 Å². The highest BCUT2D eigenvalue weighted by atomic mass is 16.5. The monoisotopic (exact) mass is 224 g/mol. The molecule has 0 fully saturated rings. The molecule has 0 saturated carbocycles. The van der Waals surface area contributed by atoms with Crippen LogP contribution in [0.25, 0.3) is 0 Å². The molecule has 3 heteroatoms. The van der Waals surface area contributed by atoms with E-state index < -0.39 is 0 Å². The maximum atomic E-state index is 10.9. The largest absolute Gasteiger partial charge is 0.497 e. The minimum Gasteiger partial charge on any atom is -0.497 e. The summed E-state index contributed by atoms with van der Waals surface area (Å²) >= 11 is 0. The van der Waals surface area contributed by atoms with Crippen LogP contribution < -0.4 is 0 Å². The fourth-order valence-corrected chi connectivity index (χ4v) is 1.37. The highest BCUT2D eigenvalue weighted by molar-refractivity contribution is 5.59. The molecule has 0 radical (unpaired) electrons. The molecule has 16 heavy (non-hydrogen) atoms. The van der Waals surface area contributed by atoms with Gasteiger partial charge in [0.1, 0.15) is 11.7 Å². The summed E-state index contributed by atoms with van der Waals surface area (Å²) in [5.41, 5.74) is 0.531. The van der Waals surface area contributed by atoms with Gasteiger partial charge in [-0.05, 0) is 12.8 Å². The second-order valence-corrected chi connectivity index (χ2v) is 3.34. The molecule has 0 unspecified atom stereocenters. The normalized spacial score (nSPS) is 11.2. The van der Waals surface area contributed by atoms with E-state index in [0.717, 1.165) is 12.8 Å². The Bertz CT molecular complexity index is 296. The third kappa shape index (κ3) is 4.37. The van der Waals surface area contributed by atoms with Crippen LogP contribution in [0.2, 0.25) is 0 Å². The summed E-state index contributed by atoms with van der Waals surface area (Å²) in [7, 11) is 3.08. The van der Waals surface area contributed by atoms with Crippen LogP contribution in [0, 0.1) is 0 Å². The third-order valence-electron chi connectivity index (χ3n) is 2.21. The Morgan fingerprint density at radius 2 is 2.06 bits per heavy atom. The maximum absolute atomic E-state index is 10.9. The first-order chi connectivity index (χ1) is 7.74. The molecule has 0 bridgehead atoms. The van der Waals surface area contributed by atoms with E-state index in [-0.39, 0.29) is 0 Å². The number of hydrogen-bond donors (Lipinski definition) is 0. The summed E-state index contributed by atoms with van der Waals surface area (Å²) in [6, 6.07) is 0. The number of allylic oxidation sites excluding steroid dienone is 2. The smallest absolute Gasteiger partial charge is 0.170 e. The first-order valence-corrected chi connectivity index (χ1v) is 5.41. The lowest BCUT2D eigenvalue weighted by atomic mass is 10.1. The van der Waals surface area contributed by atoms with Crippen molar-refractivity contribution in [3.05, 3.63) is 29.7 Å². The fraction of sp³-hybridized carbons (Fsp3) is 0.538. The maximum Gasteiger partial charge on any atom is 0.170 e. The predicted molar refractivity (Wildman–Crippen MR) is 64.6 cm³/mol. The van der Waals surface area contributed by atoms with E-state index in [1.165, 1.54) is 7.11 Å². The van der Waals surface area contributed by atoms with Gasteiger partial charge in [0, 0.05) is 6.42 Å². The Kier molecular flexibility index (Phi) is 8.00. The molecule has 90 valence electrons. The number of carbonyl (C=O) groups excluding carboxylic acids is 1. The number of unbranched alkanes of at least 4 members (excludes halogenated alkanes) is 1. The van der Waals surface area contributed by atoms with Gasteiger partial charge in [0.05, 0.1) is 19.8 Å². The van der Waals surface area contributed by atoms with Crippen molar-refractivity contribution >= 4 is 5.94 Å². The zero-order chi connectivity index (χ0) is 12.4. The quantitative estimate of drug-likeness (QED) is 0.275. The Morgan fingerprint density at radius 1 is 1.38 bits per heavy atom. The molecule has 0 aromatic heterocycles. The number of ether oxygens (including phenoxy) is 2. The van der Waals surface area contributed by atoms with Crippen molar-refractivity contribution in [2.24, 2.45) is 0 Å². The number of hydrogen-bond acceptors (Lipinski definition) is 3. The molecule has 0 aromatic rings. The van der Waals surface area contributed by atoms with Gasteiger partial charge in [0.15, 0.2) is 5.76 Å². The Balaban J connectivity index is 5.04. The van der Waals surface area contributed by atoms with Crippen molar-refractivity contribution < 1.29 is 14.3 Å². The fourth-order valence-electron chi connectivity index (χ4n) is 1.37. The van der Waals surface area contributed by atoms with Gasteiger partial charge in [-0.3, -0.25) is 0 Å². The van der Waals surface area contributed by atoms with Gasteiger partial charge >= 0.3 is 0 Å².